The Morgan fingerprint density at radius 2 is 0.925 bits per heavy atom. The lowest BCUT2D eigenvalue weighted by molar-refractivity contribution is 0.670. The molecule has 0 bridgehead atoms. The van der Waals surface area contributed by atoms with Crippen LogP contribution in [0, 0.1) is 0 Å². The second-order valence-corrected chi connectivity index (χ2v) is 13.8. The first kappa shape index (κ1) is 29.6. The molecule has 11 rings (SSSR count). The Hall–Kier alpha value is -7.10. The van der Waals surface area contributed by atoms with Gasteiger partial charge in [-0.2, -0.15) is 0 Å². The molecular weight excluding hydrogens is 645 g/mol. The van der Waals surface area contributed by atoms with E-state index in [1.54, 1.807) is 0 Å². The molecule has 246 valence electrons. The van der Waals surface area contributed by atoms with Gasteiger partial charge in [-0.1, -0.05) is 140 Å². The molecule has 0 N–H and O–H groups in total. The fourth-order valence-electron chi connectivity index (χ4n) is 8.08. The molecule has 0 saturated carbocycles. The molecule has 0 unspecified atom stereocenters. The van der Waals surface area contributed by atoms with Gasteiger partial charge in [0.05, 0.1) is 22.9 Å². The van der Waals surface area contributed by atoms with E-state index in [1.807, 2.05) is 6.20 Å². The molecular formula is C50H30N2O. The number of aromatic nitrogens is 2. The number of fused-ring (bicyclic) bond motifs is 10. The minimum atomic E-state index is 0.822. The Balaban J connectivity index is 1.16. The summed E-state index contributed by atoms with van der Waals surface area (Å²) in [6.07, 6.45) is 1.93. The fraction of sp³-hybridized carbons (Fsp3) is 0. The average Bonchev–Trinajstić information content (AvgIpc) is 3.60. The first-order valence-electron chi connectivity index (χ1n) is 18.0. The number of rotatable bonds is 4. The number of hydrogen-bond acceptors (Lipinski definition) is 3. The average molecular weight is 675 g/mol. The first-order chi connectivity index (χ1) is 26.2. The Labute approximate surface area is 305 Å². The molecule has 11 aromatic rings. The molecule has 0 atom stereocenters. The van der Waals surface area contributed by atoms with Crippen LogP contribution in [0.25, 0.3) is 110 Å². The van der Waals surface area contributed by atoms with Crippen LogP contribution in [0.5, 0.6) is 0 Å². The van der Waals surface area contributed by atoms with Gasteiger partial charge in [-0.3, -0.25) is 4.98 Å². The molecule has 9 aromatic carbocycles. The minimum Gasteiger partial charge on any atom is -0.455 e. The van der Waals surface area contributed by atoms with Gasteiger partial charge in [0.1, 0.15) is 11.2 Å². The van der Waals surface area contributed by atoms with Crippen LogP contribution in [-0.2, 0) is 0 Å². The Morgan fingerprint density at radius 3 is 1.72 bits per heavy atom. The summed E-state index contributed by atoms with van der Waals surface area (Å²) in [5, 5.41) is 9.16. The lowest BCUT2D eigenvalue weighted by Crippen LogP contribution is -1.93. The molecule has 3 nitrogen and oxygen atoms in total. The summed E-state index contributed by atoms with van der Waals surface area (Å²) >= 11 is 0. The topological polar surface area (TPSA) is 38.9 Å². The second-order valence-electron chi connectivity index (χ2n) is 13.8. The predicted octanol–water partition coefficient (Wildman–Crippen LogP) is 13.7. The molecule has 0 aliphatic heterocycles. The maximum absolute atomic E-state index is 6.73. The highest BCUT2D eigenvalue weighted by Crippen LogP contribution is 2.41. The predicted molar refractivity (Wildman–Crippen MR) is 221 cm³/mol. The summed E-state index contributed by atoms with van der Waals surface area (Å²) in [5.74, 6) is 0. The van der Waals surface area contributed by atoms with Gasteiger partial charge in [0, 0.05) is 32.7 Å². The molecule has 0 spiro atoms. The summed E-state index contributed by atoms with van der Waals surface area (Å²) in [6, 6.07) is 62.4. The Morgan fingerprint density at radius 1 is 0.358 bits per heavy atom. The van der Waals surface area contributed by atoms with Crippen LogP contribution in [0.3, 0.4) is 0 Å². The zero-order valence-corrected chi connectivity index (χ0v) is 28.6. The van der Waals surface area contributed by atoms with Gasteiger partial charge in [-0.15, -0.1) is 0 Å². The Bertz CT molecular complexity index is 3200. The van der Waals surface area contributed by atoms with Crippen LogP contribution in [0.1, 0.15) is 0 Å². The Kier molecular flexibility index (Phi) is 6.55. The van der Waals surface area contributed by atoms with E-state index in [0.29, 0.717) is 0 Å². The zero-order valence-electron chi connectivity index (χ0n) is 28.6. The third kappa shape index (κ3) is 4.82. The van der Waals surface area contributed by atoms with E-state index in [1.165, 1.54) is 32.7 Å². The molecule has 0 aliphatic carbocycles. The summed E-state index contributed by atoms with van der Waals surface area (Å²) in [5.41, 5.74) is 12.1. The number of para-hydroxylation sites is 1. The van der Waals surface area contributed by atoms with Crippen LogP contribution in [-0.4, -0.2) is 9.97 Å². The number of hydrogen-bond donors (Lipinski definition) is 0. The van der Waals surface area contributed by atoms with Crippen molar-refractivity contribution in [3.8, 4) is 44.6 Å². The highest BCUT2D eigenvalue weighted by atomic mass is 16.3. The number of benzene rings is 9. The molecule has 0 saturated heterocycles. The zero-order chi connectivity index (χ0) is 34.9. The number of nitrogens with zero attached hydrogens (tertiary/aromatic N) is 2. The quantitative estimate of drug-likeness (QED) is 0.174. The molecule has 0 fully saturated rings. The maximum Gasteiger partial charge on any atom is 0.143 e. The van der Waals surface area contributed by atoms with Gasteiger partial charge in [0.25, 0.3) is 0 Å². The van der Waals surface area contributed by atoms with E-state index in [4.69, 9.17) is 14.4 Å². The van der Waals surface area contributed by atoms with Gasteiger partial charge in [0.15, 0.2) is 0 Å². The van der Waals surface area contributed by atoms with Crippen LogP contribution < -0.4 is 0 Å². The van der Waals surface area contributed by atoms with Crippen molar-refractivity contribution in [3.05, 3.63) is 182 Å². The minimum absolute atomic E-state index is 0.822. The molecule has 0 aliphatic rings. The summed E-state index contributed by atoms with van der Waals surface area (Å²) in [7, 11) is 0. The second kappa shape index (κ2) is 11.7. The molecule has 0 amide bonds. The van der Waals surface area contributed by atoms with E-state index in [0.717, 1.165) is 77.3 Å². The van der Waals surface area contributed by atoms with Crippen molar-refractivity contribution in [1.29, 1.82) is 0 Å². The normalized spacial score (nSPS) is 11.8. The summed E-state index contributed by atoms with van der Waals surface area (Å²) in [6.45, 7) is 0. The highest BCUT2D eigenvalue weighted by molar-refractivity contribution is 6.23. The van der Waals surface area contributed by atoms with E-state index < -0.39 is 0 Å². The number of furan rings is 1. The van der Waals surface area contributed by atoms with E-state index >= 15 is 0 Å². The molecule has 2 heterocycles. The lowest BCUT2D eigenvalue weighted by atomic mass is 9.92. The van der Waals surface area contributed by atoms with Crippen LogP contribution in [0.2, 0.25) is 0 Å². The van der Waals surface area contributed by atoms with Gasteiger partial charge < -0.3 is 4.42 Å². The molecule has 2 aromatic heterocycles. The van der Waals surface area contributed by atoms with Gasteiger partial charge in [-0.05, 0) is 85.8 Å². The van der Waals surface area contributed by atoms with Crippen molar-refractivity contribution in [2.24, 2.45) is 0 Å². The van der Waals surface area contributed by atoms with Crippen molar-refractivity contribution >= 4 is 65.3 Å². The molecule has 0 radical (unpaired) electrons. The maximum atomic E-state index is 6.73. The molecule has 3 heteroatoms. The smallest absolute Gasteiger partial charge is 0.143 e. The first-order valence-corrected chi connectivity index (χ1v) is 18.0. The summed E-state index contributed by atoms with van der Waals surface area (Å²) in [4.78, 5) is 10.5. The van der Waals surface area contributed by atoms with Gasteiger partial charge in [-0.25, -0.2) is 4.98 Å². The van der Waals surface area contributed by atoms with Crippen molar-refractivity contribution < 1.29 is 4.42 Å². The van der Waals surface area contributed by atoms with Crippen LogP contribution in [0.15, 0.2) is 187 Å². The van der Waals surface area contributed by atoms with Crippen molar-refractivity contribution in [1.82, 2.24) is 9.97 Å². The third-order valence-corrected chi connectivity index (χ3v) is 10.6. The lowest BCUT2D eigenvalue weighted by Gasteiger charge is -2.14. The van der Waals surface area contributed by atoms with Gasteiger partial charge >= 0.3 is 0 Å². The monoisotopic (exact) mass is 674 g/mol. The summed E-state index contributed by atoms with van der Waals surface area (Å²) < 4.78 is 6.73. The van der Waals surface area contributed by atoms with Crippen LogP contribution >= 0.6 is 0 Å². The van der Waals surface area contributed by atoms with Crippen molar-refractivity contribution in [2.75, 3.05) is 0 Å². The van der Waals surface area contributed by atoms with Crippen molar-refractivity contribution in [2.45, 2.75) is 0 Å². The highest BCUT2D eigenvalue weighted by Gasteiger charge is 2.17. The van der Waals surface area contributed by atoms with E-state index in [-0.39, 0.29) is 0 Å². The van der Waals surface area contributed by atoms with Crippen LogP contribution in [0.4, 0.5) is 0 Å². The van der Waals surface area contributed by atoms with E-state index in [2.05, 4.69) is 176 Å². The van der Waals surface area contributed by atoms with Crippen molar-refractivity contribution in [3.63, 3.8) is 0 Å². The SMILES string of the molecule is c1ccc(-c2cccc(-c3cc(-c4cnc5c6ccccc6c6ccccc6c5n4)cc(-c4cccc5c4oc4cc6ccccc6cc45)c3)c2)cc1. The molecule has 53 heavy (non-hydrogen) atoms. The van der Waals surface area contributed by atoms with Gasteiger partial charge in [0.2, 0.25) is 0 Å². The fourth-order valence-corrected chi connectivity index (χ4v) is 8.08. The largest absolute Gasteiger partial charge is 0.455 e. The standard InChI is InChI=1S/C50H30N2O/c1-2-12-31(13-3-1)32-16-10-17-33(24-32)36-25-37(39-22-11-23-44-45-28-34-14-4-5-15-35(34)29-47(45)53-50(39)44)27-38(26-36)46-30-51-48-42-20-8-6-18-40(42)41-19-7-9-21-43(41)49(48)52-46/h1-30H. The van der Waals surface area contributed by atoms with E-state index in [9.17, 15) is 0 Å². The third-order valence-electron chi connectivity index (χ3n) is 10.6.